The Balaban J connectivity index is 1.74. The molecule has 2 fully saturated rings. The second kappa shape index (κ2) is 6.90. The zero-order valence-electron chi connectivity index (χ0n) is 12.8. The minimum Gasteiger partial charge on any atom is -0.353 e. The summed E-state index contributed by atoms with van der Waals surface area (Å²) < 4.78 is 0. The van der Waals surface area contributed by atoms with Gasteiger partial charge in [-0.25, -0.2) is 0 Å². The molecule has 2 amide bonds. The van der Waals surface area contributed by atoms with Gasteiger partial charge in [0, 0.05) is 31.0 Å². The smallest absolute Gasteiger partial charge is 0.254 e. The number of carbonyl (C=O) groups excluding carboxylic acids is 2. The Morgan fingerprint density at radius 3 is 2.68 bits per heavy atom. The topological polar surface area (TPSA) is 62.3 Å². The molecule has 0 bridgehead atoms. The van der Waals surface area contributed by atoms with E-state index in [2.05, 4.69) is 10.3 Å². The van der Waals surface area contributed by atoms with E-state index in [1.807, 2.05) is 0 Å². The first-order valence-corrected chi connectivity index (χ1v) is 8.24. The lowest BCUT2D eigenvalue weighted by Crippen LogP contribution is -2.57. The van der Waals surface area contributed by atoms with Gasteiger partial charge in [-0.1, -0.05) is 32.1 Å². The lowest BCUT2D eigenvalue weighted by Gasteiger charge is -2.37. The summed E-state index contributed by atoms with van der Waals surface area (Å²) in [5.41, 5.74) is 0.610. The van der Waals surface area contributed by atoms with Crippen molar-refractivity contribution in [3.63, 3.8) is 0 Å². The summed E-state index contributed by atoms with van der Waals surface area (Å²) in [7, 11) is 0. The van der Waals surface area contributed by atoms with Gasteiger partial charge in [0.1, 0.15) is 6.04 Å². The fourth-order valence-corrected chi connectivity index (χ4v) is 3.59. The third-order valence-corrected chi connectivity index (χ3v) is 4.80. The third-order valence-electron chi connectivity index (χ3n) is 4.80. The summed E-state index contributed by atoms with van der Waals surface area (Å²) in [6.07, 6.45) is 10.2. The Morgan fingerprint density at radius 1 is 1.23 bits per heavy atom. The van der Waals surface area contributed by atoms with Crippen molar-refractivity contribution >= 4 is 11.8 Å². The van der Waals surface area contributed by atoms with Gasteiger partial charge in [-0.3, -0.25) is 14.6 Å². The Kier molecular flexibility index (Phi) is 4.71. The summed E-state index contributed by atoms with van der Waals surface area (Å²) in [5.74, 6) is 0.507. The molecule has 1 unspecified atom stereocenters. The van der Waals surface area contributed by atoms with Crippen LogP contribution in [0, 0.1) is 5.92 Å². The van der Waals surface area contributed by atoms with Crippen LogP contribution in [0.1, 0.15) is 48.9 Å². The van der Waals surface area contributed by atoms with Crippen molar-refractivity contribution in [1.29, 1.82) is 0 Å². The summed E-state index contributed by atoms with van der Waals surface area (Å²) in [4.78, 5) is 30.7. The van der Waals surface area contributed by atoms with Gasteiger partial charge in [0.15, 0.2) is 0 Å². The second-order valence-electron chi connectivity index (χ2n) is 6.28. The van der Waals surface area contributed by atoms with E-state index in [1.54, 1.807) is 29.4 Å². The first-order chi connectivity index (χ1) is 10.8. The van der Waals surface area contributed by atoms with Gasteiger partial charge in [0.05, 0.1) is 0 Å². The van der Waals surface area contributed by atoms with Crippen LogP contribution in [0.25, 0.3) is 0 Å². The first kappa shape index (κ1) is 15.0. The third kappa shape index (κ3) is 3.29. The monoisotopic (exact) mass is 301 g/mol. The van der Waals surface area contributed by atoms with Crippen LogP contribution in [-0.2, 0) is 4.79 Å². The van der Waals surface area contributed by atoms with Crippen LogP contribution >= 0.6 is 0 Å². The fourth-order valence-electron chi connectivity index (χ4n) is 3.59. The largest absolute Gasteiger partial charge is 0.353 e. The molecule has 5 heteroatoms. The van der Waals surface area contributed by atoms with E-state index < -0.39 is 0 Å². The number of carbonyl (C=O) groups is 2. The molecule has 1 saturated heterocycles. The van der Waals surface area contributed by atoms with Gasteiger partial charge in [0.25, 0.3) is 5.91 Å². The van der Waals surface area contributed by atoms with Crippen molar-refractivity contribution < 1.29 is 9.59 Å². The normalized spacial score (nSPS) is 23.2. The molecule has 1 aliphatic heterocycles. The maximum absolute atomic E-state index is 12.7. The van der Waals surface area contributed by atoms with Crippen LogP contribution in [0.4, 0.5) is 0 Å². The number of hydrogen-bond donors (Lipinski definition) is 1. The van der Waals surface area contributed by atoms with Crippen LogP contribution in [0.2, 0.25) is 0 Å². The summed E-state index contributed by atoms with van der Waals surface area (Å²) in [5, 5.41) is 2.91. The fraction of sp³-hybridized carbons (Fsp3) is 0.588. The average Bonchev–Trinajstić information content (AvgIpc) is 2.58. The standard InChI is InChI=1S/C17H23N3O2/c21-16-15(12-13-4-2-1-3-5-13)20(11-10-19-16)17(22)14-6-8-18-9-7-14/h6-9,13,15H,1-5,10-12H2,(H,19,21). The van der Waals surface area contributed by atoms with E-state index in [-0.39, 0.29) is 17.9 Å². The van der Waals surface area contributed by atoms with Crippen LogP contribution < -0.4 is 5.32 Å². The first-order valence-electron chi connectivity index (χ1n) is 8.24. The highest BCUT2D eigenvalue weighted by atomic mass is 16.2. The highest BCUT2D eigenvalue weighted by Gasteiger charge is 2.35. The van der Waals surface area contributed by atoms with E-state index in [4.69, 9.17) is 0 Å². The van der Waals surface area contributed by atoms with Gasteiger partial charge < -0.3 is 10.2 Å². The molecular formula is C17H23N3O2. The summed E-state index contributed by atoms with van der Waals surface area (Å²) >= 11 is 0. The molecule has 2 heterocycles. The van der Waals surface area contributed by atoms with Gasteiger partial charge in [-0.2, -0.15) is 0 Å². The van der Waals surface area contributed by atoms with Gasteiger partial charge in [0.2, 0.25) is 5.91 Å². The van der Waals surface area contributed by atoms with Gasteiger partial charge >= 0.3 is 0 Å². The Hall–Kier alpha value is -1.91. The Labute approximate surface area is 131 Å². The SMILES string of the molecule is O=C1NCCN(C(=O)c2ccncc2)C1CC1CCCCC1. The molecule has 0 spiro atoms. The molecule has 1 atom stereocenters. The number of aromatic nitrogens is 1. The number of nitrogens with one attached hydrogen (secondary N) is 1. The maximum atomic E-state index is 12.7. The quantitative estimate of drug-likeness (QED) is 0.928. The zero-order chi connectivity index (χ0) is 15.4. The van der Waals surface area contributed by atoms with E-state index >= 15 is 0 Å². The molecule has 1 aliphatic carbocycles. The highest BCUT2D eigenvalue weighted by Crippen LogP contribution is 2.29. The Bertz CT molecular complexity index is 526. The summed E-state index contributed by atoms with van der Waals surface area (Å²) in [6.45, 7) is 1.13. The Morgan fingerprint density at radius 2 is 1.95 bits per heavy atom. The molecule has 22 heavy (non-hydrogen) atoms. The van der Waals surface area contributed by atoms with Crippen molar-refractivity contribution in [3.05, 3.63) is 30.1 Å². The predicted octanol–water partition coefficient (Wildman–Crippen LogP) is 1.99. The second-order valence-corrected chi connectivity index (χ2v) is 6.28. The molecule has 0 radical (unpaired) electrons. The van der Waals surface area contributed by atoms with Gasteiger partial charge in [-0.15, -0.1) is 0 Å². The molecule has 1 saturated carbocycles. The van der Waals surface area contributed by atoms with Crippen LogP contribution in [0.5, 0.6) is 0 Å². The summed E-state index contributed by atoms with van der Waals surface area (Å²) in [6, 6.07) is 3.11. The number of piperazine rings is 1. The van der Waals surface area contributed by atoms with Crippen molar-refractivity contribution in [3.8, 4) is 0 Å². The molecule has 1 N–H and O–H groups in total. The van der Waals surface area contributed by atoms with Gasteiger partial charge in [-0.05, 0) is 24.5 Å². The van der Waals surface area contributed by atoms with Crippen molar-refractivity contribution in [2.75, 3.05) is 13.1 Å². The molecule has 118 valence electrons. The lowest BCUT2D eigenvalue weighted by atomic mass is 9.84. The van der Waals surface area contributed by atoms with E-state index in [0.29, 0.717) is 24.6 Å². The van der Waals surface area contributed by atoms with E-state index in [1.165, 1.54) is 32.1 Å². The minimum absolute atomic E-state index is 0.000713. The van der Waals surface area contributed by atoms with E-state index in [0.717, 1.165) is 6.42 Å². The van der Waals surface area contributed by atoms with E-state index in [9.17, 15) is 9.59 Å². The zero-order valence-corrected chi connectivity index (χ0v) is 12.8. The average molecular weight is 301 g/mol. The minimum atomic E-state index is -0.322. The molecule has 1 aromatic heterocycles. The molecule has 5 nitrogen and oxygen atoms in total. The number of amides is 2. The molecule has 0 aromatic carbocycles. The molecule has 3 rings (SSSR count). The van der Waals surface area contributed by atoms with Crippen molar-refractivity contribution in [2.45, 2.75) is 44.6 Å². The van der Waals surface area contributed by atoms with Crippen LogP contribution in [0.3, 0.4) is 0 Å². The van der Waals surface area contributed by atoms with Crippen molar-refractivity contribution in [1.82, 2.24) is 15.2 Å². The lowest BCUT2D eigenvalue weighted by molar-refractivity contribution is -0.128. The maximum Gasteiger partial charge on any atom is 0.254 e. The van der Waals surface area contributed by atoms with Crippen LogP contribution in [0.15, 0.2) is 24.5 Å². The molecule has 2 aliphatic rings. The number of pyridine rings is 1. The highest BCUT2D eigenvalue weighted by molar-refractivity contribution is 5.98. The number of nitrogens with zero attached hydrogens (tertiary/aromatic N) is 2. The predicted molar refractivity (Wildman–Crippen MR) is 83.3 cm³/mol. The number of rotatable bonds is 3. The molecular weight excluding hydrogens is 278 g/mol. The number of hydrogen-bond acceptors (Lipinski definition) is 3. The van der Waals surface area contributed by atoms with Crippen molar-refractivity contribution in [2.24, 2.45) is 5.92 Å². The van der Waals surface area contributed by atoms with Crippen LogP contribution in [-0.4, -0.2) is 40.8 Å². The molecule has 1 aromatic rings.